The third kappa shape index (κ3) is 2.29. The van der Waals surface area contributed by atoms with Gasteiger partial charge in [0.2, 0.25) is 0 Å². The van der Waals surface area contributed by atoms with Crippen LogP contribution in [0.3, 0.4) is 0 Å². The fraction of sp³-hybridized carbons (Fsp3) is 0.308. The molecule has 1 aromatic heterocycles. The molecule has 0 atom stereocenters. The number of benzene rings is 1. The van der Waals surface area contributed by atoms with Crippen molar-refractivity contribution in [3.05, 3.63) is 34.7 Å². The van der Waals surface area contributed by atoms with Gasteiger partial charge in [0.1, 0.15) is 5.82 Å². The maximum absolute atomic E-state index is 5.91. The van der Waals surface area contributed by atoms with Crippen molar-refractivity contribution in [3.8, 4) is 11.3 Å². The molecule has 1 heterocycles. The number of H-pyrrole nitrogens is 1. The number of imidazole rings is 1. The van der Waals surface area contributed by atoms with Crippen molar-refractivity contribution >= 4 is 17.3 Å². The second-order valence-electron chi connectivity index (χ2n) is 4.49. The molecule has 17 heavy (non-hydrogen) atoms. The molecule has 0 aliphatic rings. The van der Waals surface area contributed by atoms with E-state index < -0.39 is 0 Å². The fourth-order valence-electron chi connectivity index (χ4n) is 1.73. The average molecular weight is 250 g/mol. The van der Waals surface area contributed by atoms with E-state index in [0.29, 0.717) is 16.6 Å². The molecule has 2 rings (SSSR count). The number of nitrogen functional groups attached to an aromatic ring is 1. The van der Waals surface area contributed by atoms with E-state index in [4.69, 9.17) is 17.3 Å². The number of nitrogens with two attached hydrogens (primary N) is 1. The molecule has 0 unspecified atom stereocenters. The summed E-state index contributed by atoms with van der Waals surface area (Å²) in [6.07, 6.45) is 0. The normalized spacial score (nSPS) is 11.1. The molecule has 0 radical (unpaired) electrons. The van der Waals surface area contributed by atoms with E-state index in [1.807, 2.05) is 19.1 Å². The number of nitrogens with zero attached hydrogens (tertiary/aromatic N) is 1. The molecule has 90 valence electrons. The Balaban J connectivity index is 2.49. The van der Waals surface area contributed by atoms with Crippen LogP contribution >= 0.6 is 11.6 Å². The van der Waals surface area contributed by atoms with Crippen molar-refractivity contribution < 1.29 is 0 Å². The van der Waals surface area contributed by atoms with Crippen molar-refractivity contribution in [1.82, 2.24) is 9.97 Å². The number of aromatic nitrogens is 2. The first-order valence-corrected chi connectivity index (χ1v) is 5.98. The van der Waals surface area contributed by atoms with Gasteiger partial charge in [0.25, 0.3) is 0 Å². The van der Waals surface area contributed by atoms with Crippen LogP contribution in [0.15, 0.2) is 18.2 Å². The Morgan fingerprint density at radius 2 is 2.06 bits per heavy atom. The Labute approximate surface area is 106 Å². The Kier molecular flexibility index (Phi) is 3.11. The number of hydrogen-bond donors (Lipinski definition) is 2. The summed E-state index contributed by atoms with van der Waals surface area (Å²) in [6.45, 7) is 6.23. The molecule has 4 heteroatoms. The van der Waals surface area contributed by atoms with Crippen LogP contribution in [0.1, 0.15) is 31.3 Å². The molecular weight excluding hydrogens is 234 g/mol. The first-order chi connectivity index (χ1) is 7.99. The number of nitrogens with one attached hydrogen (secondary N) is 1. The number of anilines is 1. The molecule has 0 amide bonds. The summed E-state index contributed by atoms with van der Waals surface area (Å²) >= 11 is 5.91. The molecule has 0 saturated heterocycles. The minimum atomic E-state index is 0.382. The van der Waals surface area contributed by atoms with Gasteiger partial charge in [-0.25, -0.2) is 4.98 Å². The zero-order valence-corrected chi connectivity index (χ0v) is 11.0. The molecule has 0 saturated carbocycles. The van der Waals surface area contributed by atoms with Crippen LogP contribution in [-0.4, -0.2) is 9.97 Å². The minimum Gasteiger partial charge on any atom is -0.398 e. The van der Waals surface area contributed by atoms with Crippen LogP contribution in [0.4, 0.5) is 5.69 Å². The maximum atomic E-state index is 5.91. The van der Waals surface area contributed by atoms with Gasteiger partial charge in [-0.1, -0.05) is 31.5 Å². The van der Waals surface area contributed by atoms with Crippen LogP contribution in [-0.2, 0) is 0 Å². The van der Waals surface area contributed by atoms with Gasteiger partial charge in [0, 0.05) is 17.2 Å². The zero-order chi connectivity index (χ0) is 12.6. The molecule has 0 aliphatic heterocycles. The van der Waals surface area contributed by atoms with Gasteiger partial charge in [-0.15, -0.1) is 0 Å². The fourth-order valence-corrected chi connectivity index (χ4v) is 1.85. The molecule has 0 spiro atoms. The van der Waals surface area contributed by atoms with Crippen molar-refractivity contribution in [1.29, 1.82) is 0 Å². The van der Waals surface area contributed by atoms with Crippen molar-refractivity contribution in [3.63, 3.8) is 0 Å². The minimum absolute atomic E-state index is 0.382. The highest BCUT2D eigenvalue weighted by Gasteiger charge is 2.11. The van der Waals surface area contributed by atoms with Crippen molar-refractivity contribution in [2.45, 2.75) is 26.7 Å². The van der Waals surface area contributed by atoms with Gasteiger partial charge in [-0.2, -0.15) is 0 Å². The summed E-state index contributed by atoms with van der Waals surface area (Å²) < 4.78 is 0. The van der Waals surface area contributed by atoms with E-state index >= 15 is 0 Å². The maximum Gasteiger partial charge on any atom is 0.109 e. The largest absolute Gasteiger partial charge is 0.398 e. The lowest BCUT2D eigenvalue weighted by molar-refractivity contribution is 0.792. The third-order valence-electron chi connectivity index (χ3n) is 2.72. The van der Waals surface area contributed by atoms with Gasteiger partial charge in [0.15, 0.2) is 0 Å². The highest BCUT2D eigenvalue weighted by molar-refractivity contribution is 6.33. The van der Waals surface area contributed by atoms with Crippen LogP contribution in [0.2, 0.25) is 5.02 Å². The Morgan fingerprint density at radius 1 is 1.35 bits per heavy atom. The van der Waals surface area contributed by atoms with Crippen LogP contribution in [0.25, 0.3) is 11.3 Å². The lowest BCUT2D eigenvalue weighted by Gasteiger charge is -2.02. The van der Waals surface area contributed by atoms with Crippen LogP contribution in [0.5, 0.6) is 0 Å². The zero-order valence-electron chi connectivity index (χ0n) is 10.2. The summed E-state index contributed by atoms with van der Waals surface area (Å²) in [4.78, 5) is 7.89. The van der Waals surface area contributed by atoms with Gasteiger partial charge in [-0.05, 0) is 19.1 Å². The van der Waals surface area contributed by atoms with E-state index in [9.17, 15) is 0 Å². The average Bonchev–Trinajstić information content (AvgIpc) is 2.65. The number of rotatable bonds is 2. The Bertz CT molecular complexity index is 544. The molecule has 2 aromatic rings. The highest BCUT2D eigenvalue weighted by Crippen LogP contribution is 2.28. The number of aromatic amines is 1. The van der Waals surface area contributed by atoms with Gasteiger partial charge in [-0.3, -0.25) is 0 Å². The molecule has 0 fully saturated rings. The molecule has 0 aliphatic carbocycles. The summed E-state index contributed by atoms with van der Waals surface area (Å²) in [5.74, 6) is 1.37. The first kappa shape index (κ1) is 12.0. The SMILES string of the molecule is Cc1[nH]c(C(C)C)nc1-c1ccc(Cl)c(N)c1. The third-order valence-corrected chi connectivity index (χ3v) is 3.06. The smallest absolute Gasteiger partial charge is 0.109 e. The number of halogens is 1. The van der Waals surface area contributed by atoms with Gasteiger partial charge >= 0.3 is 0 Å². The quantitative estimate of drug-likeness (QED) is 0.797. The standard InChI is InChI=1S/C13H16ClN3/c1-7(2)13-16-8(3)12(17-13)9-4-5-10(14)11(15)6-9/h4-7H,15H2,1-3H3,(H,16,17). The number of hydrogen-bond acceptors (Lipinski definition) is 2. The van der Waals surface area contributed by atoms with Crippen molar-refractivity contribution in [2.75, 3.05) is 5.73 Å². The predicted molar refractivity (Wildman–Crippen MR) is 72.3 cm³/mol. The lowest BCUT2D eigenvalue weighted by Crippen LogP contribution is -1.90. The molecule has 3 N–H and O–H groups in total. The summed E-state index contributed by atoms with van der Waals surface area (Å²) in [6, 6.07) is 5.59. The summed E-state index contributed by atoms with van der Waals surface area (Å²) in [5.41, 5.74) is 9.37. The summed E-state index contributed by atoms with van der Waals surface area (Å²) in [7, 11) is 0. The van der Waals surface area contributed by atoms with E-state index in [1.165, 1.54) is 0 Å². The summed E-state index contributed by atoms with van der Waals surface area (Å²) in [5, 5.41) is 0.575. The Morgan fingerprint density at radius 3 is 2.59 bits per heavy atom. The second kappa shape index (κ2) is 4.41. The van der Waals surface area contributed by atoms with E-state index in [1.54, 1.807) is 6.07 Å². The van der Waals surface area contributed by atoms with Gasteiger partial charge < -0.3 is 10.7 Å². The van der Waals surface area contributed by atoms with E-state index in [2.05, 4.69) is 23.8 Å². The second-order valence-corrected chi connectivity index (χ2v) is 4.89. The monoisotopic (exact) mass is 249 g/mol. The van der Waals surface area contributed by atoms with Crippen LogP contribution < -0.4 is 5.73 Å². The molecule has 0 bridgehead atoms. The van der Waals surface area contributed by atoms with E-state index in [0.717, 1.165) is 22.8 Å². The van der Waals surface area contributed by atoms with Crippen molar-refractivity contribution in [2.24, 2.45) is 0 Å². The van der Waals surface area contributed by atoms with E-state index in [-0.39, 0.29) is 0 Å². The topological polar surface area (TPSA) is 54.7 Å². The predicted octanol–water partition coefficient (Wildman–Crippen LogP) is 3.74. The van der Waals surface area contributed by atoms with Crippen LogP contribution in [0, 0.1) is 6.92 Å². The molecule has 3 nitrogen and oxygen atoms in total. The Hall–Kier alpha value is -1.48. The lowest BCUT2D eigenvalue weighted by atomic mass is 10.1. The molecular formula is C13H16ClN3. The number of aryl methyl sites for hydroxylation is 1. The van der Waals surface area contributed by atoms with Gasteiger partial charge in [0.05, 0.1) is 16.4 Å². The highest BCUT2D eigenvalue weighted by atomic mass is 35.5. The molecule has 1 aromatic carbocycles. The first-order valence-electron chi connectivity index (χ1n) is 5.61.